The van der Waals surface area contributed by atoms with Crippen molar-refractivity contribution in [3.05, 3.63) is 50.4 Å². The minimum Gasteiger partial charge on any atom is -0.503 e. The lowest BCUT2D eigenvalue weighted by molar-refractivity contribution is 0.407. The van der Waals surface area contributed by atoms with Gasteiger partial charge < -0.3 is 9.84 Å². The molecule has 0 saturated heterocycles. The zero-order chi connectivity index (χ0) is 16.1. The van der Waals surface area contributed by atoms with Crippen molar-refractivity contribution in [2.45, 2.75) is 39.5 Å². The summed E-state index contributed by atoms with van der Waals surface area (Å²) < 4.78 is 7.47. The Balaban J connectivity index is 2.30. The van der Waals surface area contributed by atoms with E-state index in [9.17, 15) is 5.11 Å². The van der Waals surface area contributed by atoms with E-state index in [4.69, 9.17) is 4.74 Å². The summed E-state index contributed by atoms with van der Waals surface area (Å²) in [5.41, 5.74) is 2.41. The van der Waals surface area contributed by atoms with Gasteiger partial charge in [-0.25, -0.2) is 0 Å². The first kappa shape index (κ1) is 17.4. The van der Waals surface area contributed by atoms with Crippen LogP contribution in [0.1, 0.15) is 37.8 Å². The van der Waals surface area contributed by atoms with Gasteiger partial charge in [0.25, 0.3) is 0 Å². The van der Waals surface area contributed by atoms with Crippen LogP contribution in [-0.4, -0.2) is 5.11 Å². The van der Waals surface area contributed by atoms with Gasteiger partial charge in [0, 0.05) is 0 Å². The zero-order valence-electron chi connectivity index (χ0n) is 12.8. The highest BCUT2D eigenvalue weighted by atomic mass is 79.9. The molecule has 4 heteroatoms. The summed E-state index contributed by atoms with van der Waals surface area (Å²) in [7, 11) is 0. The van der Waals surface area contributed by atoms with E-state index in [-0.39, 0.29) is 5.75 Å². The third-order valence-corrected chi connectivity index (χ3v) is 4.61. The molecule has 0 aliphatic rings. The number of aromatic hydroxyl groups is 1. The van der Waals surface area contributed by atoms with E-state index in [1.807, 2.05) is 18.2 Å². The minimum absolute atomic E-state index is 0.129. The molecule has 0 aromatic heterocycles. The fourth-order valence-corrected chi connectivity index (χ4v) is 3.32. The molecular weight excluding hydrogens is 408 g/mol. The molecule has 0 radical (unpaired) electrons. The normalized spacial score (nSPS) is 10.7. The highest BCUT2D eigenvalue weighted by Gasteiger charge is 2.12. The number of hydrogen-bond acceptors (Lipinski definition) is 2. The summed E-state index contributed by atoms with van der Waals surface area (Å²) >= 11 is 6.94. The molecule has 0 bridgehead atoms. The Hall–Kier alpha value is -1.000. The predicted octanol–water partition coefficient (Wildman–Crippen LogP) is 6.61. The molecule has 0 aliphatic heterocycles. The van der Waals surface area contributed by atoms with Gasteiger partial charge in [0.1, 0.15) is 5.75 Å². The zero-order valence-corrected chi connectivity index (χ0v) is 16.0. The van der Waals surface area contributed by atoms with Crippen molar-refractivity contribution >= 4 is 31.9 Å². The maximum atomic E-state index is 10.2. The van der Waals surface area contributed by atoms with Crippen molar-refractivity contribution in [3.8, 4) is 17.2 Å². The maximum absolute atomic E-state index is 10.2. The van der Waals surface area contributed by atoms with Gasteiger partial charge in [-0.15, -0.1) is 0 Å². The average Bonchev–Trinajstić information content (AvgIpc) is 2.47. The second-order valence-corrected chi connectivity index (χ2v) is 7.00. The number of halogens is 2. The van der Waals surface area contributed by atoms with Crippen molar-refractivity contribution in [1.29, 1.82) is 0 Å². The predicted molar refractivity (Wildman–Crippen MR) is 98.0 cm³/mol. The van der Waals surface area contributed by atoms with Crippen LogP contribution < -0.4 is 4.74 Å². The third kappa shape index (κ3) is 4.26. The molecular formula is C18H20Br2O2. The summed E-state index contributed by atoms with van der Waals surface area (Å²) in [5, 5.41) is 10.2. The molecule has 0 fully saturated rings. The van der Waals surface area contributed by atoms with Crippen LogP contribution in [0.5, 0.6) is 17.2 Å². The first-order valence-electron chi connectivity index (χ1n) is 7.52. The Labute approximate surface area is 148 Å². The third-order valence-electron chi connectivity index (χ3n) is 3.38. The second-order valence-electron chi connectivity index (χ2n) is 5.29. The molecule has 2 aromatic carbocycles. The number of rotatable bonds is 6. The van der Waals surface area contributed by atoms with Crippen LogP contribution in [0.15, 0.2) is 39.3 Å². The standard InChI is InChI=1S/C18H20Br2O2/c1-3-5-12-7-8-16(14(19)9-12)22-17-11-13(6-4-2)10-15(20)18(17)21/h7-11,21H,3-6H2,1-2H3. The molecule has 22 heavy (non-hydrogen) atoms. The minimum atomic E-state index is 0.129. The summed E-state index contributed by atoms with van der Waals surface area (Å²) in [6.07, 6.45) is 4.15. The smallest absolute Gasteiger partial charge is 0.172 e. The molecule has 2 rings (SSSR count). The first-order valence-corrected chi connectivity index (χ1v) is 9.11. The molecule has 0 saturated carbocycles. The number of aryl methyl sites for hydroxylation is 2. The quantitative estimate of drug-likeness (QED) is 0.561. The van der Waals surface area contributed by atoms with Gasteiger partial charge in [-0.3, -0.25) is 0 Å². The van der Waals surface area contributed by atoms with Crippen LogP contribution in [0.3, 0.4) is 0 Å². The van der Waals surface area contributed by atoms with Gasteiger partial charge in [-0.1, -0.05) is 32.8 Å². The van der Waals surface area contributed by atoms with Crippen LogP contribution in [0.2, 0.25) is 0 Å². The number of hydrogen-bond donors (Lipinski definition) is 1. The van der Waals surface area contributed by atoms with E-state index in [0.29, 0.717) is 16.0 Å². The van der Waals surface area contributed by atoms with E-state index in [0.717, 1.165) is 35.7 Å². The number of phenolic OH excluding ortho intramolecular Hbond substituents is 1. The SMILES string of the molecule is CCCc1ccc(Oc2cc(CCC)cc(Br)c2O)c(Br)c1. The van der Waals surface area contributed by atoms with Gasteiger partial charge in [0.15, 0.2) is 11.5 Å². The maximum Gasteiger partial charge on any atom is 0.172 e. The molecule has 0 atom stereocenters. The molecule has 2 aromatic rings. The van der Waals surface area contributed by atoms with Crippen molar-refractivity contribution < 1.29 is 9.84 Å². The van der Waals surface area contributed by atoms with Gasteiger partial charge >= 0.3 is 0 Å². The molecule has 0 spiro atoms. The lowest BCUT2D eigenvalue weighted by Gasteiger charge is -2.13. The number of ether oxygens (including phenoxy) is 1. The van der Waals surface area contributed by atoms with Crippen LogP contribution in [0.25, 0.3) is 0 Å². The van der Waals surface area contributed by atoms with Crippen LogP contribution in [0.4, 0.5) is 0 Å². The van der Waals surface area contributed by atoms with E-state index in [1.165, 1.54) is 5.56 Å². The fraction of sp³-hybridized carbons (Fsp3) is 0.333. The molecule has 0 amide bonds. The molecule has 0 unspecified atom stereocenters. The van der Waals surface area contributed by atoms with Crippen LogP contribution in [0, 0.1) is 0 Å². The van der Waals surface area contributed by atoms with E-state index >= 15 is 0 Å². The average molecular weight is 428 g/mol. The first-order chi connectivity index (χ1) is 10.5. The van der Waals surface area contributed by atoms with Gasteiger partial charge in [-0.2, -0.15) is 0 Å². The topological polar surface area (TPSA) is 29.5 Å². The largest absolute Gasteiger partial charge is 0.503 e. The van der Waals surface area contributed by atoms with Crippen molar-refractivity contribution in [3.63, 3.8) is 0 Å². The highest BCUT2D eigenvalue weighted by Crippen LogP contribution is 2.40. The highest BCUT2D eigenvalue weighted by molar-refractivity contribution is 9.10. The van der Waals surface area contributed by atoms with E-state index in [1.54, 1.807) is 0 Å². The molecule has 118 valence electrons. The second kappa shape index (κ2) is 8.02. The monoisotopic (exact) mass is 426 g/mol. The number of benzene rings is 2. The molecule has 2 nitrogen and oxygen atoms in total. The van der Waals surface area contributed by atoms with E-state index < -0.39 is 0 Å². The number of phenols is 1. The fourth-order valence-electron chi connectivity index (χ4n) is 2.33. The Bertz CT molecular complexity index is 654. The van der Waals surface area contributed by atoms with Gasteiger partial charge in [0.2, 0.25) is 0 Å². The van der Waals surface area contributed by atoms with Crippen molar-refractivity contribution in [2.24, 2.45) is 0 Å². The van der Waals surface area contributed by atoms with E-state index in [2.05, 4.69) is 57.8 Å². The summed E-state index contributed by atoms with van der Waals surface area (Å²) in [6, 6.07) is 9.91. The molecule has 0 aliphatic carbocycles. The van der Waals surface area contributed by atoms with Gasteiger partial charge in [-0.05, 0) is 80.1 Å². The molecule has 0 heterocycles. The van der Waals surface area contributed by atoms with Crippen molar-refractivity contribution in [1.82, 2.24) is 0 Å². The van der Waals surface area contributed by atoms with Crippen LogP contribution >= 0.6 is 31.9 Å². The van der Waals surface area contributed by atoms with Crippen LogP contribution in [-0.2, 0) is 12.8 Å². The summed E-state index contributed by atoms with van der Waals surface area (Å²) in [6.45, 7) is 4.29. The Morgan fingerprint density at radius 3 is 2.14 bits per heavy atom. The Morgan fingerprint density at radius 2 is 1.50 bits per heavy atom. The Morgan fingerprint density at radius 1 is 0.864 bits per heavy atom. The van der Waals surface area contributed by atoms with Gasteiger partial charge in [0.05, 0.1) is 8.95 Å². The summed E-state index contributed by atoms with van der Waals surface area (Å²) in [5.74, 6) is 1.31. The Kier molecular flexibility index (Phi) is 6.33. The molecule has 1 N–H and O–H groups in total. The summed E-state index contributed by atoms with van der Waals surface area (Å²) in [4.78, 5) is 0. The van der Waals surface area contributed by atoms with Crippen molar-refractivity contribution in [2.75, 3.05) is 0 Å². The lowest BCUT2D eigenvalue weighted by Crippen LogP contribution is -1.92. The lowest BCUT2D eigenvalue weighted by atomic mass is 10.1.